The molecule has 7 nitrogen and oxygen atoms in total. The molecule has 0 atom stereocenters. The average molecular weight is 245 g/mol. The van der Waals surface area contributed by atoms with E-state index in [1.807, 2.05) is 0 Å². The Morgan fingerprint density at radius 1 is 1.33 bits per heavy atom. The van der Waals surface area contributed by atoms with Crippen molar-refractivity contribution in [2.45, 2.75) is 6.42 Å². The van der Waals surface area contributed by atoms with Gasteiger partial charge >= 0.3 is 6.03 Å². The molecule has 0 bridgehead atoms. The molecule has 1 aliphatic rings. The number of aromatic nitrogens is 2. The van der Waals surface area contributed by atoms with E-state index in [0.29, 0.717) is 18.1 Å². The van der Waals surface area contributed by atoms with Crippen molar-refractivity contribution in [2.75, 3.05) is 17.2 Å². The summed E-state index contributed by atoms with van der Waals surface area (Å²) in [6, 6.07) is 3.01. The number of nitrogens with zero attached hydrogens (tertiary/aromatic N) is 3. The second kappa shape index (κ2) is 3.73. The summed E-state index contributed by atoms with van der Waals surface area (Å²) in [5.41, 5.74) is 7.14. The number of hydrogen-bond acceptors (Lipinski definition) is 4. The number of rotatable bonds is 1. The highest BCUT2D eigenvalue weighted by molar-refractivity contribution is 6.05. The molecular weight excluding hydrogens is 234 g/mol. The maximum atomic E-state index is 11.8. The minimum absolute atomic E-state index is 0.262. The van der Waals surface area contributed by atoms with Crippen LogP contribution >= 0.6 is 0 Å². The van der Waals surface area contributed by atoms with E-state index < -0.39 is 6.03 Å². The first-order chi connectivity index (χ1) is 8.65. The zero-order valence-electron chi connectivity index (χ0n) is 9.46. The van der Waals surface area contributed by atoms with Gasteiger partial charge in [-0.3, -0.25) is 19.4 Å². The Hall–Kier alpha value is -2.57. The van der Waals surface area contributed by atoms with Crippen molar-refractivity contribution in [3.05, 3.63) is 24.7 Å². The second-order valence-corrected chi connectivity index (χ2v) is 4.09. The topological polar surface area (TPSA) is 92.7 Å². The van der Waals surface area contributed by atoms with E-state index in [1.165, 1.54) is 4.90 Å². The largest absolute Gasteiger partial charge is 0.399 e. The van der Waals surface area contributed by atoms with Crippen LogP contribution < -0.4 is 16.0 Å². The van der Waals surface area contributed by atoms with Crippen molar-refractivity contribution in [3.8, 4) is 0 Å². The first-order valence-electron chi connectivity index (χ1n) is 5.48. The Morgan fingerprint density at radius 3 is 2.94 bits per heavy atom. The molecule has 3 N–H and O–H groups in total. The van der Waals surface area contributed by atoms with Crippen LogP contribution in [0.15, 0.2) is 24.7 Å². The molecule has 0 unspecified atom stereocenters. The molecule has 1 aliphatic heterocycles. The van der Waals surface area contributed by atoms with Gasteiger partial charge in [0.1, 0.15) is 12.1 Å². The van der Waals surface area contributed by atoms with E-state index in [0.717, 1.165) is 5.52 Å². The fourth-order valence-corrected chi connectivity index (χ4v) is 2.03. The summed E-state index contributed by atoms with van der Waals surface area (Å²) in [5.74, 6) is 0.342. The lowest BCUT2D eigenvalue weighted by Crippen LogP contribution is -2.50. The number of amides is 3. The number of anilines is 2. The number of fused-ring (bicyclic) bond motifs is 1. The Morgan fingerprint density at radius 2 is 2.17 bits per heavy atom. The number of carbonyl (C=O) groups is 2. The molecule has 0 saturated carbocycles. The quantitative estimate of drug-likeness (QED) is 0.758. The van der Waals surface area contributed by atoms with Crippen LogP contribution in [0.5, 0.6) is 0 Å². The zero-order valence-corrected chi connectivity index (χ0v) is 9.46. The summed E-state index contributed by atoms with van der Waals surface area (Å²) < 4.78 is 1.76. The van der Waals surface area contributed by atoms with Crippen LogP contribution in [-0.2, 0) is 4.79 Å². The Balaban J connectivity index is 2.11. The number of nitrogens with two attached hydrogens (primary N) is 1. The summed E-state index contributed by atoms with van der Waals surface area (Å²) >= 11 is 0. The lowest BCUT2D eigenvalue weighted by atomic mass is 10.3. The van der Waals surface area contributed by atoms with Gasteiger partial charge in [0, 0.05) is 24.7 Å². The number of carbonyl (C=O) groups excluding carboxylic acids is 2. The Labute approximate surface area is 102 Å². The third-order valence-corrected chi connectivity index (χ3v) is 2.85. The van der Waals surface area contributed by atoms with Crippen molar-refractivity contribution in [1.82, 2.24) is 14.7 Å². The highest BCUT2D eigenvalue weighted by atomic mass is 16.2. The van der Waals surface area contributed by atoms with E-state index in [4.69, 9.17) is 5.73 Å². The van der Waals surface area contributed by atoms with Gasteiger partial charge < -0.3 is 5.73 Å². The molecule has 2 aromatic heterocycles. The van der Waals surface area contributed by atoms with Gasteiger partial charge in [-0.05, 0) is 6.07 Å². The van der Waals surface area contributed by atoms with Crippen molar-refractivity contribution < 1.29 is 9.59 Å². The standard InChI is InChI=1S/C11H11N5O2/c12-7-3-8-5-13-6-16(8)10(4-7)15-2-1-9(17)14-11(15)18/h3-6H,1-2,12H2,(H,14,17,18). The van der Waals surface area contributed by atoms with Crippen LogP contribution in [0.25, 0.3) is 5.52 Å². The van der Waals surface area contributed by atoms with Crippen molar-refractivity contribution in [1.29, 1.82) is 0 Å². The predicted molar refractivity (Wildman–Crippen MR) is 65.1 cm³/mol. The number of imide groups is 1. The first kappa shape index (κ1) is 10.6. The van der Waals surface area contributed by atoms with Crippen molar-refractivity contribution in [3.63, 3.8) is 0 Å². The first-order valence-corrected chi connectivity index (χ1v) is 5.48. The monoisotopic (exact) mass is 245 g/mol. The van der Waals surface area contributed by atoms with Gasteiger partial charge in [0.05, 0.1) is 11.7 Å². The van der Waals surface area contributed by atoms with Gasteiger partial charge in [-0.15, -0.1) is 0 Å². The second-order valence-electron chi connectivity index (χ2n) is 4.09. The van der Waals surface area contributed by atoms with Crippen molar-refractivity contribution >= 4 is 29.0 Å². The summed E-state index contributed by atoms with van der Waals surface area (Å²) in [4.78, 5) is 28.4. The summed E-state index contributed by atoms with van der Waals surface area (Å²) in [6.45, 7) is 0.335. The van der Waals surface area contributed by atoms with E-state index in [9.17, 15) is 9.59 Å². The summed E-state index contributed by atoms with van der Waals surface area (Å²) in [6.07, 6.45) is 3.54. The number of hydrogen-bond donors (Lipinski definition) is 2. The van der Waals surface area contributed by atoms with Crippen LogP contribution in [0, 0.1) is 0 Å². The summed E-state index contributed by atoms with van der Waals surface area (Å²) in [5, 5.41) is 2.28. The third kappa shape index (κ3) is 1.56. The van der Waals surface area contributed by atoms with Crippen LogP contribution in [0.2, 0.25) is 0 Å². The van der Waals surface area contributed by atoms with Gasteiger partial charge in [0.15, 0.2) is 0 Å². The molecule has 92 valence electrons. The van der Waals surface area contributed by atoms with Gasteiger partial charge in [0.25, 0.3) is 0 Å². The zero-order chi connectivity index (χ0) is 12.7. The molecule has 1 saturated heterocycles. The van der Waals surface area contributed by atoms with E-state index in [1.54, 1.807) is 29.1 Å². The third-order valence-electron chi connectivity index (χ3n) is 2.85. The van der Waals surface area contributed by atoms with Crippen LogP contribution in [-0.4, -0.2) is 27.9 Å². The van der Waals surface area contributed by atoms with Gasteiger partial charge in [-0.2, -0.15) is 0 Å². The lowest BCUT2D eigenvalue weighted by molar-refractivity contribution is -0.120. The molecule has 2 aromatic rings. The fraction of sp³-hybridized carbons (Fsp3) is 0.182. The summed E-state index contributed by atoms with van der Waals surface area (Å²) in [7, 11) is 0. The minimum Gasteiger partial charge on any atom is -0.399 e. The molecule has 0 aromatic carbocycles. The minimum atomic E-state index is -0.438. The molecule has 0 spiro atoms. The maximum Gasteiger partial charge on any atom is 0.329 e. The Bertz CT molecular complexity index is 648. The van der Waals surface area contributed by atoms with Crippen LogP contribution in [0.3, 0.4) is 0 Å². The smallest absolute Gasteiger partial charge is 0.329 e. The number of pyridine rings is 1. The molecule has 3 rings (SSSR count). The highest BCUT2D eigenvalue weighted by Crippen LogP contribution is 2.22. The van der Waals surface area contributed by atoms with Crippen molar-refractivity contribution in [2.24, 2.45) is 0 Å². The molecule has 0 aliphatic carbocycles. The number of nitrogen functional groups attached to an aromatic ring is 1. The number of imidazole rings is 1. The van der Waals surface area contributed by atoms with Gasteiger partial charge in [-0.1, -0.05) is 0 Å². The number of nitrogens with one attached hydrogen (secondary N) is 1. The average Bonchev–Trinajstić information content (AvgIpc) is 2.76. The van der Waals surface area contributed by atoms with Crippen LogP contribution in [0.4, 0.5) is 16.3 Å². The molecule has 3 heterocycles. The molecule has 1 fully saturated rings. The molecular formula is C11H11N5O2. The SMILES string of the molecule is Nc1cc(N2CCC(=O)NC2=O)n2cncc2c1. The molecule has 18 heavy (non-hydrogen) atoms. The predicted octanol–water partition coefficient (Wildman–Crippen LogP) is 0.363. The highest BCUT2D eigenvalue weighted by Gasteiger charge is 2.25. The Kier molecular flexibility index (Phi) is 2.19. The van der Waals surface area contributed by atoms with E-state index >= 15 is 0 Å². The van der Waals surface area contributed by atoms with Gasteiger partial charge in [-0.25, -0.2) is 9.78 Å². The molecule has 0 radical (unpaired) electrons. The maximum absolute atomic E-state index is 11.8. The fourth-order valence-electron chi connectivity index (χ4n) is 2.03. The number of urea groups is 1. The lowest BCUT2D eigenvalue weighted by Gasteiger charge is -2.27. The molecule has 7 heteroatoms. The van der Waals surface area contributed by atoms with Crippen LogP contribution in [0.1, 0.15) is 6.42 Å². The normalized spacial score (nSPS) is 16.1. The molecule has 3 amide bonds. The van der Waals surface area contributed by atoms with Gasteiger partial charge in [0.2, 0.25) is 5.91 Å². The van der Waals surface area contributed by atoms with E-state index in [2.05, 4.69) is 10.3 Å². The van der Waals surface area contributed by atoms with E-state index in [-0.39, 0.29) is 12.3 Å².